The number of benzene rings is 1. The number of hydrogen-bond donors (Lipinski definition) is 2. The van der Waals surface area contributed by atoms with E-state index < -0.39 is 23.2 Å². The highest BCUT2D eigenvalue weighted by molar-refractivity contribution is 7.10. The van der Waals surface area contributed by atoms with Crippen LogP contribution in [0.25, 0.3) is 5.69 Å². The maximum absolute atomic E-state index is 12.7. The van der Waals surface area contributed by atoms with E-state index in [-0.39, 0.29) is 29.3 Å². The number of aromatic hydroxyl groups is 1. The van der Waals surface area contributed by atoms with Crippen molar-refractivity contribution in [3.63, 3.8) is 0 Å². The fraction of sp³-hybridized carbons (Fsp3) is 0.238. The van der Waals surface area contributed by atoms with E-state index in [1.165, 1.54) is 30.4 Å². The monoisotopic (exact) mass is 440 g/mol. The maximum Gasteiger partial charge on any atom is 0.335 e. The molecule has 0 fully saturated rings. The third kappa shape index (κ3) is 3.44. The number of aryl methyl sites for hydroxylation is 1. The van der Waals surface area contributed by atoms with Crippen LogP contribution in [0.1, 0.15) is 35.4 Å². The van der Waals surface area contributed by atoms with E-state index in [4.69, 9.17) is 4.74 Å². The van der Waals surface area contributed by atoms with Gasteiger partial charge in [0.15, 0.2) is 0 Å². The Labute approximate surface area is 180 Å². The maximum atomic E-state index is 12.7. The van der Waals surface area contributed by atoms with Gasteiger partial charge in [0.05, 0.1) is 24.6 Å². The SMILES string of the molecule is COc1ccccc1-n1c(O)c(C2=NN(C(C)=O)C(c3sccc3C)C2)c(=O)[nH]c1=O. The lowest BCUT2D eigenvalue weighted by Gasteiger charge is -2.19. The normalized spacial score (nSPS) is 15.8. The van der Waals surface area contributed by atoms with Gasteiger partial charge in [0.2, 0.25) is 11.8 Å². The highest BCUT2D eigenvalue weighted by Crippen LogP contribution is 2.38. The first kappa shape index (κ1) is 20.6. The molecule has 0 spiro atoms. The number of rotatable bonds is 4. The van der Waals surface area contributed by atoms with Gasteiger partial charge in [-0.2, -0.15) is 5.10 Å². The van der Waals surface area contributed by atoms with Gasteiger partial charge >= 0.3 is 5.69 Å². The number of nitrogens with one attached hydrogen (secondary N) is 1. The number of aromatic nitrogens is 2. The van der Waals surface area contributed by atoms with E-state index >= 15 is 0 Å². The van der Waals surface area contributed by atoms with Crippen molar-refractivity contribution in [1.82, 2.24) is 14.6 Å². The summed E-state index contributed by atoms with van der Waals surface area (Å²) in [5.41, 5.74) is -0.265. The number of hydrogen-bond acceptors (Lipinski definition) is 7. The van der Waals surface area contributed by atoms with Crippen molar-refractivity contribution < 1.29 is 14.6 Å². The average molecular weight is 440 g/mol. The molecule has 1 unspecified atom stereocenters. The van der Waals surface area contributed by atoms with Crippen molar-refractivity contribution in [3.8, 4) is 17.3 Å². The standard InChI is InChI=1S/C21H20N4O5S/c1-11-8-9-31-18(11)15-10-13(23-25(15)12(2)26)17-19(27)22-21(29)24(20(17)28)14-6-4-5-7-16(14)30-3/h4-9,15,28H,10H2,1-3H3,(H,22,27,29). The van der Waals surface area contributed by atoms with Crippen molar-refractivity contribution in [3.05, 3.63) is 72.6 Å². The first-order valence-corrected chi connectivity index (χ1v) is 10.3. The van der Waals surface area contributed by atoms with Gasteiger partial charge in [0.1, 0.15) is 11.3 Å². The van der Waals surface area contributed by atoms with Crippen molar-refractivity contribution in [2.75, 3.05) is 7.11 Å². The topological polar surface area (TPSA) is 117 Å². The first-order valence-electron chi connectivity index (χ1n) is 9.46. The van der Waals surface area contributed by atoms with Crippen LogP contribution in [0.2, 0.25) is 0 Å². The summed E-state index contributed by atoms with van der Waals surface area (Å²) in [6, 6.07) is 8.16. The van der Waals surface area contributed by atoms with Gasteiger partial charge in [-0.3, -0.25) is 14.6 Å². The number of H-pyrrole nitrogens is 1. The van der Waals surface area contributed by atoms with Crippen molar-refractivity contribution in [1.29, 1.82) is 0 Å². The van der Waals surface area contributed by atoms with Crippen LogP contribution in [0.5, 0.6) is 11.6 Å². The van der Waals surface area contributed by atoms with E-state index in [9.17, 15) is 19.5 Å². The summed E-state index contributed by atoms with van der Waals surface area (Å²) >= 11 is 1.49. The summed E-state index contributed by atoms with van der Waals surface area (Å²) in [7, 11) is 1.44. The predicted molar refractivity (Wildman–Crippen MR) is 116 cm³/mol. The lowest BCUT2D eigenvalue weighted by Crippen LogP contribution is -2.33. The molecular formula is C21H20N4O5S. The number of nitrogens with zero attached hydrogens (tertiary/aromatic N) is 3. The van der Waals surface area contributed by atoms with E-state index in [0.717, 1.165) is 15.0 Å². The molecule has 3 aromatic rings. The summed E-state index contributed by atoms with van der Waals surface area (Å²) in [5, 5.41) is 18.6. The highest BCUT2D eigenvalue weighted by atomic mass is 32.1. The minimum Gasteiger partial charge on any atom is -0.495 e. The zero-order valence-corrected chi connectivity index (χ0v) is 17.9. The number of para-hydroxylation sites is 2. The number of thiophene rings is 1. The summed E-state index contributed by atoms with van der Waals surface area (Å²) in [5.74, 6) is -0.519. The minimum absolute atomic E-state index is 0.159. The Morgan fingerprint density at radius 1 is 1.29 bits per heavy atom. The Kier molecular flexibility index (Phi) is 5.24. The number of methoxy groups -OCH3 is 1. The molecule has 1 amide bonds. The Morgan fingerprint density at radius 3 is 2.68 bits per heavy atom. The largest absolute Gasteiger partial charge is 0.495 e. The van der Waals surface area contributed by atoms with Crippen LogP contribution in [0.15, 0.2) is 50.4 Å². The summed E-state index contributed by atoms with van der Waals surface area (Å²) < 4.78 is 6.25. The van der Waals surface area contributed by atoms with Crippen LogP contribution in [0, 0.1) is 6.92 Å². The van der Waals surface area contributed by atoms with Gasteiger partial charge in [0.25, 0.3) is 5.56 Å². The molecule has 1 aliphatic heterocycles. The number of aromatic amines is 1. The third-order valence-corrected chi connectivity index (χ3v) is 6.26. The van der Waals surface area contributed by atoms with Crippen LogP contribution in [-0.4, -0.2) is 38.4 Å². The van der Waals surface area contributed by atoms with Gasteiger partial charge in [-0.05, 0) is 36.1 Å². The second-order valence-electron chi connectivity index (χ2n) is 7.06. The number of carbonyl (C=O) groups is 1. The highest BCUT2D eigenvalue weighted by Gasteiger charge is 2.36. The van der Waals surface area contributed by atoms with E-state index in [1.807, 2.05) is 18.4 Å². The molecule has 0 saturated carbocycles. The summed E-state index contributed by atoms with van der Waals surface area (Å²) in [4.78, 5) is 40.7. The molecule has 4 rings (SSSR count). The van der Waals surface area contributed by atoms with E-state index in [0.29, 0.717) is 5.75 Å². The quantitative estimate of drug-likeness (QED) is 0.646. The molecule has 2 aromatic heterocycles. The van der Waals surface area contributed by atoms with Crippen molar-refractivity contribution in [2.45, 2.75) is 26.3 Å². The minimum atomic E-state index is -0.816. The molecule has 0 bridgehead atoms. The number of amides is 1. The fourth-order valence-electron chi connectivity index (χ4n) is 3.70. The van der Waals surface area contributed by atoms with Crippen molar-refractivity contribution in [2.24, 2.45) is 5.10 Å². The van der Waals surface area contributed by atoms with Crippen LogP contribution in [-0.2, 0) is 4.79 Å². The van der Waals surface area contributed by atoms with Gasteiger partial charge in [-0.1, -0.05) is 12.1 Å². The van der Waals surface area contributed by atoms with Gasteiger partial charge in [-0.25, -0.2) is 14.4 Å². The summed E-state index contributed by atoms with van der Waals surface area (Å²) in [6.07, 6.45) is 0.224. The molecule has 0 saturated heterocycles. The second-order valence-corrected chi connectivity index (χ2v) is 8.01. The molecule has 0 radical (unpaired) electrons. The molecule has 1 atom stereocenters. The molecule has 10 heteroatoms. The molecule has 9 nitrogen and oxygen atoms in total. The van der Waals surface area contributed by atoms with Crippen LogP contribution >= 0.6 is 11.3 Å². The fourth-order valence-corrected chi connectivity index (χ4v) is 4.72. The number of ether oxygens (including phenoxy) is 1. The zero-order chi connectivity index (χ0) is 22.3. The van der Waals surface area contributed by atoms with Crippen molar-refractivity contribution >= 4 is 23.0 Å². The van der Waals surface area contributed by atoms with Crippen LogP contribution < -0.4 is 16.0 Å². The Hall–Kier alpha value is -3.66. The number of carbonyl (C=O) groups excluding carboxylic acids is 1. The number of hydrazone groups is 1. The van der Waals surface area contributed by atoms with E-state index in [2.05, 4.69) is 10.1 Å². The van der Waals surface area contributed by atoms with Crippen LogP contribution in [0.4, 0.5) is 0 Å². The third-order valence-electron chi connectivity index (χ3n) is 5.14. The summed E-state index contributed by atoms with van der Waals surface area (Å²) in [6.45, 7) is 3.33. The predicted octanol–water partition coefficient (Wildman–Crippen LogP) is 2.31. The molecule has 1 aromatic carbocycles. The van der Waals surface area contributed by atoms with Gasteiger partial charge < -0.3 is 9.84 Å². The average Bonchev–Trinajstić information content (AvgIpc) is 3.34. The Bertz CT molecular complexity index is 1320. The Morgan fingerprint density at radius 2 is 2.03 bits per heavy atom. The molecular weight excluding hydrogens is 420 g/mol. The van der Waals surface area contributed by atoms with Gasteiger partial charge in [-0.15, -0.1) is 11.3 Å². The lowest BCUT2D eigenvalue weighted by atomic mass is 10.0. The molecule has 3 heterocycles. The zero-order valence-electron chi connectivity index (χ0n) is 17.1. The molecule has 31 heavy (non-hydrogen) atoms. The first-order chi connectivity index (χ1) is 14.8. The Balaban J connectivity index is 1.88. The molecule has 160 valence electrons. The lowest BCUT2D eigenvalue weighted by molar-refractivity contribution is -0.130. The van der Waals surface area contributed by atoms with E-state index in [1.54, 1.807) is 24.3 Å². The van der Waals surface area contributed by atoms with Crippen LogP contribution in [0.3, 0.4) is 0 Å². The molecule has 2 N–H and O–H groups in total. The second kappa shape index (κ2) is 7.88. The molecule has 0 aliphatic carbocycles. The van der Waals surface area contributed by atoms with Gasteiger partial charge in [0, 0.05) is 18.2 Å². The molecule has 1 aliphatic rings. The smallest absolute Gasteiger partial charge is 0.335 e.